The summed E-state index contributed by atoms with van der Waals surface area (Å²) in [6.07, 6.45) is 0.362. The van der Waals surface area contributed by atoms with E-state index in [1.807, 2.05) is 84.9 Å². The first-order valence-corrected chi connectivity index (χ1v) is 14.7. The minimum Gasteiger partial charge on any atom is -0.480 e. The maximum Gasteiger partial charge on any atom is 0.326 e. The van der Waals surface area contributed by atoms with E-state index in [-0.39, 0.29) is 23.4 Å². The van der Waals surface area contributed by atoms with E-state index in [1.165, 1.54) is 12.1 Å². The van der Waals surface area contributed by atoms with Gasteiger partial charge in [0.05, 0.1) is 17.0 Å². The fourth-order valence-electron chi connectivity index (χ4n) is 4.04. The monoisotopic (exact) mass is 606 g/mol. The van der Waals surface area contributed by atoms with Crippen molar-refractivity contribution in [2.45, 2.75) is 18.9 Å². The molecule has 9 heteroatoms. The van der Waals surface area contributed by atoms with Crippen LogP contribution in [0.2, 0.25) is 0 Å². The molecule has 4 aromatic carbocycles. The molecule has 0 aromatic heterocycles. The summed E-state index contributed by atoms with van der Waals surface area (Å²) in [6, 6.07) is 29.8. The fourth-order valence-corrected chi connectivity index (χ4v) is 5.53. The first-order chi connectivity index (χ1) is 18.7. The number of carboxylic acid groups (broad SMARTS) is 1. The van der Waals surface area contributed by atoms with Crippen molar-refractivity contribution in [3.8, 4) is 11.1 Å². The lowest BCUT2D eigenvalue weighted by Gasteiger charge is -2.17. The second-order valence-corrected chi connectivity index (χ2v) is 11.7. The molecule has 4 rings (SSSR count). The molecule has 0 aliphatic rings. The molecule has 0 heterocycles. The summed E-state index contributed by atoms with van der Waals surface area (Å²) >= 11 is 3.31. The van der Waals surface area contributed by atoms with Crippen LogP contribution >= 0.6 is 15.9 Å². The van der Waals surface area contributed by atoms with Crippen molar-refractivity contribution in [2.24, 2.45) is 0 Å². The van der Waals surface area contributed by atoms with Gasteiger partial charge in [0.25, 0.3) is 5.91 Å². The number of aryl methyl sites for hydroxylation is 1. The van der Waals surface area contributed by atoms with Gasteiger partial charge in [0, 0.05) is 10.9 Å². The van der Waals surface area contributed by atoms with Crippen molar-refractivity contribution in [1.82, 2.24) is 5.32 Å². The van der Waals surface area contributed by atoms with Gasteiger partial charge in [-0.3, -0.25) is 9.52 Å². The largest absolute Gasteiger partial charge is 0.480 e. The number of anilines is 1. The molecule has 0 unspecified atom stereocenters. The van der Waals surface area contributed by atoms with Crippen LogP contribution in [-0.2, 0) is 27.7 Å². The van der Waals surface area contributed by atoms with Gasteiger partial charge in [0.1, 0.15) is 6.04 Å². The minimum absolute atomic E-state index is 0.0123. The summed E-state index contributed by atoms with van der Waals surface area (Å²) in [5.41, 5.74) is 3.73. The van der Waals surface area contributed by atoms with Crippen molar-refractivity contribution in [3.63, 3.8) is 0 Å². The lowest BCUT2D eigenvalue weighted by Crippen LogP contribution is -2.42. The normalized spacial score (nSPS) is 11.9. The number of aliphatic carboxylic acids is 1. The minimum atomic E-state index is -3.78. The molecule has 1 atom stereocenters. The Morgan fingerprint density at radius 1 is 0.795 bits per heavy atom. The predicted octanol–water partition coefficient (Wildman–Crippen LogP) is 5.53. The van der Waals surface area contributed by atoms with Crippen LogP contribution in [-0.4, -0.2) is 37.2 Å². The molecule has 4 aromatic rings. The van der Waals surface area contributed by atoms with Crippen molar-refractivity contribution < 1.29 is 23.1 Å². The molecule has 0 saturated carbocycles. The Hall–Kier alpha value is -3.95. The van der Waals surface area contributed by atoms with Gasteiger partial charge in [-0.05, 0) is 46.9 Å². The Kier molecular flexibility index (Phi) is 9.16. The highest BCUT2D eigenvalue weighted by molar-refractivity contribution is 9.10. The van der Waals surface area contributed by atoms with E-state index in [0.29, 0.717) is 10.9 Å². The van der Waals surface area contributed by atoms with Crippen LogP contribution in [0.25, 0.3) is 11.1 Å². The number of hydrogen-bond acceptors (Lipinski definition) is 4. The van der Waals surface area contributed by atoms with Crippen molar-refractivity contribution in [2.75, 3.05) is 10.5 Å². The lowest BCUT2D eigenvalue weighted by atomic mass is 10.0. The third-order valence-corrected chi connectivity index (χ3v) is 7.86. The average Bonchev–Trinajstić information content (AvgIpc) is 2.94. The molecule has 200 valence electrons. The van der Waals surface area contributed by atoms with Crippen molar-refractivity contribution >= 4 is 43.5 Å². The number of hydrogen-bond donors (Lipinski definition) is 3. The van der Waals surface area contributed by atoms with E-state index >= 15 is 0 Å². The first-order valence-electron chi connectivity index (χ1n) is 12.2. The summed E-state index contributed by atoms with van der Waals surface area (Å²) in [7, 11) is -3.78. The maximum absolute atomic E-state index is 13.2. The third kappa shape index (κ3) is 8.02. The van der Waals surface area contributed by atoms with E-state index in [4.69, 9.17) is 0 Å². The summed E-state index contributed by atoms with van der Waals surface area (Å²) in [4.78, 5) is 25.2. The Labute approximate surface area is 236 Å². The number of halogens is 1. The number of carboxylic acids is 1. The van der Waals surface area contributed by atoms with E-state index in [9.17, 15) is 23.1 Å². The molecule has 1 amide bonds. The first kappa shape index (κ1) is 28.1. The summed E-state index contributed by atoms with van der Waals surface area (Å²) in [5, 5.41) is 12.4. The Morgan fingerprint density at radius 2 is 1.41 bits per heavy atom. The summed E-state index contributed by atoms with van der Waals surface area (Å²) in [5.74, 6) is -2.08. The highest BCUT2D eigenvalue weighted by Gasteiger charge is 2.24. The van der Waals surface area contributed by atoms with Gasteiger partial charge in [0.2, 0.25) is 10.0 Å². The van der Waals surface area contributed by atoms with Gasteiger partial charge < -0.3 is 10.4 Å². The summed E-state index contributed by atoms with van der Waals surface area (Å²) in [6.45, 7) is 0. The van der Waals surface area contributed by atoms with Crippen LogP contribution in [0.5, 0.6) is 0 Å². The summed E-state index contributed by atoms with van der Waals surface area (Å²) < 4.78 is 28.6. The van der Waals surface area contributed by atoms with E-state index in [2.05, 4.69) is 26.0 Å². The molecule has 0 bridgehead atoms. The van der Waals surface area contributed by atoms with Crippen molar-refractivity contribution in [3.05, 3.63) is 124 Å². The number of carbonyl (C=O) groups is 2. The molecule has 0 aliphatic heterocycles. The van der Waals surface area contributed by atoms with Crippen LogP contribution in [0, 0.1) is 0 Å². The molecule has 39 heavy (non-hydrogen) atoms. The highest BCUT2D eigenvalue weighted by atomic mass is 79.9. The second kappa shape index (κ2) is 12.7. The van der Waals surface area contributed by atoms with Crippen LogP contribution in [0.4, 0.5) is 5.69 Å². The number of carbonyl (C=O) groups excluding carboxylic acids is 1. The van der Waals surface area contributed by atoms with Crippen LogP contribution in [0.15, 0.2) is 108 Å². The quantitative estimate of drug-likeness (QED) is 0.208. The zero-order chi connectivity index (χ0) is 27.8. The van der Waals surface area contributed by atoms with Gasteiger partial charge in [-0.2, -0.15) is 0 Å². The molecule has 0 radical (unpaired) electrons. The average molecular weight is 608 g/mol. The van der Waals surface area contributed by atoms with E-state index in [1.54, 1.807) is 6.07 Å². The van der Waals surface area contributed by atoms with Gasteiger partial charge in [-0.25, -0.2) is 13.2 Å². The Balaban J connectivity index is 1.47. The van der Waals surface area contributed by atoms with Crippen molar-refractivity contribution in [1.29, 1.82) is 0 Å². The van der Waals surface area contributed by atoms with Gasteiger partial charge in [-0.1, -0.05) is 101 Å². The predicted molar refractivity (Wildman–Crippen MR) is 156 cm³/mol. The topological polar surface area (TPSA) is 113 Å². The SMILES string of the molecule is O=C(N[C@@H](Cc1ccc(-c2ccccc2)cc1)C(=O)O)c1cc(Br)ccc1NS(=O)(=O)CCc1ccccc1. The molecule has 7 nitrogen and oxygen atoms in total. The molecule has 0 spiro atoms. The standard InChI is InChI=1S/C30H27BrN2O5S/c31-25-15-16-27(33-39(37,38)18-17-21-7-3-1-4-8-21)26(20-25)29(34)32-28(30(35)36)19-22-11-13-24(14-12-22)23-9-5-2-6-10-23/h1-16,20,28,33H,17-19H2,(H,32,34)(H,35,36)/t28-/m0/s1. The molecule has 0 fully saturated rings. The van der Waals surface area contributed by atoms with Gasteiger partial charge >= 0.3 is 5.97 Å². The van der Waals surface area contributed by atoms with Gasteiger partial charge in [0.15, 0.2) is 0 Å². The number of amides is 1. The smallest absolute Gasteiger partial charge is 0.326 e. The van der Waals surface area contributed by atoms with E-state index in [0.717, 1.165) is 22.3 Å². The Morgan fingerprint density at radius 3 is 2.05 bits per heavy atom. The molecule has 0 saturated heterocycles. The highest BCUT2D eigenvalue weighted by Crippen LogP contribution is 2.24. The third-order valence-electron chi connectivity index (χ3n) is 6.10. The van der Waals surface area contributed by atoms with Crippen LogP contribution in [0.3, 0.4) is 0 Å². The zero-order valence-corrected chi connectivity index (χ0v) is 23.3. The number of rotatable bonds is 11. The maximum atomic E-state index is 13.2. The van der Waals surface area contributed by atoms with Crippen LogP contribution < -0.4 is 10.0 Å². The molecule has 0 aliphatic carbocycles. The van der Waals surface area contributed by atoms with Gasteiger partial charge in [-0.15, -0.1) is 0 Å². The lowest BCUT2D eigenvalue weighted by molar-refractivity contribution is -0.139. The van der Waals surface area contributed by atoms with Crippen LogP contribution in [0.1, 0.15) is 21.5 Å². The molecular formula is C30H27BrN2O5S. The molecular weight excluding hydrogens is 580 g/mol. The number of benzene rings is 4. The molecule has 3 N–H and O–H groups in total. The Bertz CT molecular complexity index is 1540. The zero-order valence-electron chi connectivity index (χ0n) is 20.9. The number of sulfonamides is 1. The van der Waals surface area contributed by atoms with E-state index < -0.39 is 27.9 Å². The fraction of sp³-hybridized carbons (Fsp3) is 0.133. The second-order valence-electron chi connectivity index (χ2n) is 8.98. The number of nitrogens with one attached hydrogen (secondary N) is 2.